The Labute approximate surface area is 174 Å². The van der Waals surface area contributed by atoms with Gasteiger partial charge in [-0.15, -0.1) is 0 Å². The van der Waals surface area contributed by atoms with Crippen LogP contribution in [0.2, 0.25) is 5.02 Å². The van der Waals surface area contributed by atoms with Gasteiger partial charge in [0.2, 0.25) is 6.54 Å². The van der Waals surface area contributed by atoms with E-state index in [2.05, 4.69) is 9.88 Å². The second-order valence-corrected chi connectivity index (χ2v) is 7.57. The molecule has 5 nitrogen and oxygen atoms in total. The van der Waals surface area contributed by atoms with Crippen LogP contribution in [0, 0.1) is 17.0 Å². The average molecular weight is 406 g/mol. The largest absolute Gasteiger partial charge is 0.343 e. The molecule has 1 atom stereocenters. The zero-order valence-corrected chi connectivity index (χ0v) is 16.7. The SMILES string of the molecule is Cc1cccc(C2=CN(Cc3ccc(Cl)cc3)c3ccccc3C2C[N+](=O)[O-])n1. The highest BCUT2D eigenvalue weighted by molar-refractivity contribution is 6.30. The van der Waals surface area contributed by atoms with E-state index in [1.807, 2.05) is 79.9 Å². The molecule has 0 saturated heterocycles. The number of fused-ring (bicyclic) bond motifs is 1. The molecular weight excluding hydrogens is 386 g/mol. The van der Waals surface area contributed by atoms with Crippen LogP contribution in [-0.4, -0.2) is 16.5 Å². The predicted octanol–water partition coefficient (Wildman–Crippen LogP) is 5.47. The Hall–Kier alpha value is -3.18. The number of pyridine rings is 1. The van der Waals surface area contributed by atoms with E-state index in [4.69, 9.17) is 11.6 Å². The number of benzene rings is 2. The van der Waals surface area contributed by atoms with E-state index in [1.54, 1.807) is 0 Å². The van der Waals surface area contributed by atoms with Gasteiger partial charge in [0, 0.05) is 39.6 Å². The lowest BCUT2D eigenvalue weighted by Gasteiger charge is -2.33. The van der Waals surface area contributed by atoms with Gasteiger partial charge < -0.3 is 4.90 Å². The fourth-order valence-corrected chi connectivity index (χ4v) is 3.88. The second-order valence-electron chi connectivity index (χ2n) is 7.13. The molecule has 0 aliphatic carbocycles. The Bertz CT molecular complexity index is 1080. The molecule has 1 unspecified atom stereocenters. The van der Waals surface area contributed by atoms with E-state index in [1.165, 1.54) is 0 Å². The first-order chi connectivity index (χ1) is 14.0. The third-order valence-electron chi connectivity index (χ3n) is 5.07. The van der Waals surface area contributed by atoms with Gasteiger partial charge in [0.05, 0.1) is 11.6 Å². The van der Waals surface area contributed by atoms with Crippen molar-refractivity contribution in [3.05, 3.63) is 111 Å². The van der Waals surface area contributed by atoms with Crippen LogP contribution < -0.4 is 4.90 Å². The van der Waals surface area contributed by atoms with Crippen molar-refractivity contribution in [3.8, 4) is 0 Å². The number of anilines is 1. The Balaban J connectivity index is 1.82. The molecule has 4 rings (SSSR count). The normalized spacial score (nSPS) is 15.6. The molecule has 0 fully saturated rings. The van der Waals surface area contributed by atoms with Crippen LogP contribution in [-0.2, 0) is 6.54 Å². The van der Waals surface area contributed by atoms with Crippen LogP contribution in [0.3, 0.4) is 0 Å². The minimum absolute atomic E-state index is 0.173. The maximum absolute atomic E-state index is 11.5. The first-order valence-electron chi connectivity index (χ1n) is 9.39. The molecule has 29 heavy (non-hydrogen) atoms. The molecule has 1 aliphatic heterocycles. The smallest absolute Gasteiger partial charge is 0.214 e. The van der Waals surface area contributed by atoms with Gasteiger partial charge in [-0.05, 0) is 48.4 Å². The number of hydrogen-bond donors (Lipinski definition) is 0. The van der Waals surface area contributed by atoms with Crippen LogP contribution in [0.25, 0.3) is 5.57 Å². The maximum Gasteiger partial charge on any atom is 0.214 e. The molecule has 0 N–H and O–H groups in total. The molecule has 1 aliphatic rings. The van der Waals surface area contributed by atoms with Gasteiger partial charge in [0.1, 0.15) is 0 Å². The van der Waals surface area contributed by atoms with E-state index in [-0.39, 0.29) is 17.4 Å². The van der Waals surface area contributed by atoms with Crippen LogP contribution >= 0.6 is 11.6 Å². The summed E-state index contributed by atoms with van der Waals surface area (Å²) in [6, 6.07) is 21.4. The van der Waals surface area contributed by atoms with Crippen LogP contribution in [0.4, 0.5) is 5.69 Å². The lowest BCUT2D eigenvalue weighted by molar-refractivity contribution is -0.481. The number of nitrogens with zero attached hydrogens (tertiary/aromatic N) is 3. The molecule has 0 saturated carbocycles. The van der Waals surface area contributed by atoms with Gasteiger partial charge in [-0.2, -0.15) is 0 Å². The third-order valence-corrected chi connectivity index (χ3v) is 5.33. The summed E-state index contributed by atoms with van der Waals surface area (Å²) in [6.45, 7) is 2.39. The number of halogens is 1. The van der Waals surface area contributed by atoms with Crippen molar-refractivity contribution in [2.24, 2.45) is 0 Å². The van der Waals surface area contributed by atoms with E-state index < -0.39 is 0 Å². The summed E-state index contributed by atoms with van der Waals surface area (Å²) >= 11 is 6.02. The lowest BCUT2D eigenvalue weighted by atomic mass is 9.85. The van der Waals surface area contributed by atoms with Crippen LogP contribution in [0.15, 0.2) is 72.9 Å². The quantitative estimate of drug-likeness (QED) is 0.417. The summed E-state index contributed by atoms with van der Waals surface area (Å²) < 4.78 is 0. The first-order valence-corrected chi connectivity index (χ1v) is 9.76. The summed E-state index contributed by atoms with van der Waals surface area (Å²) in [5.41, 5.74) is 5.53. The average Bonchev–Trinajstić information content (AvgIpc) is 2.71. The number of aromatic nitrogens is 1. The standard InChI is InChI=1S/C23H20ClN3O2/c1-16-5-4-7-22(25-16)21-14-26(13-17-9-11-18(24)12-10-17)23-8-3-2-6-19(23)20(21)15-27(28)29/h2-12,14,20H,13,15H2,1H3. The molecule has 0 bridgehead atoms. The summed E-state index contributed by atoms with van der Waals surface area (Å²) in [7, 11) is 0. The minimum Gasteiger partial charge on any atom is -0.343 e. The molecule has 146 valence electrons. The highest BCUT2D eigenvalue weighted by atomic mass is 35.5. The van der Waals surface area contributed by atoms with Crippen molar-refractivity contribution in [2.75, 3.05) is 11.4 Å². The number of para-hydroxylation sites is 1. The summed E-state index contributed by atoms with van der Waals surface area (Å²) in [4.78, 5) is 18.0. The van der Waals surface area contributed by atoms with E-state index in [0.717, 1.165) is 33.8 Å². The molecule has 0 amide bonds. The molecule has 2 aromatic carbocycles. The highest BCUT2D eigenvalue weighted by Crippen LogP contribution is 2.42. The Morgan fingerprint density at radius 3 is 2.55 bits per heavy atom. The molecule has 3 aromatic rings. The molecule has 1 aromatic heterocycles. The van der Waals surface area contributed by atoms with Gasteiger partial charge in [-0.1, -0.05) is 48.0 Å². The number of hydrogen-bond acceptors (Lipinski definition) is 4. The molecule has 6 heteroatoms. The summed E-state index contributed by atoms with van der Waals surface area (Å²) in [6.07, 6.45) is 2.01. The molecule has 0 radical (unpaired) electrons. The zero-order chi connectivity index (χ0) is 20.4. The first kappa shape index (κ1) is 19.2. The van der Waals surface area contributed by atoms with Gasteiger partial charge in [0.25, 0.3) is 0 Å². The molecule has 2 heterocycles. The fourth-order valence-electron chi connectivity index (χ4n) is 3.75. The monoisotopic (exact) mass is 405 g/mol. The van der Waals surface area contributed by atoms with Gasteiger partial charge >= 0.3 is 0 Å². The van der Waals surface area contributed by atoms with Crippen LogP contribution in [0.1, 0.15) is 28.4 Å². The fraction of sp³-hybridized carbons (Fsp3) is 0.174. The summed E-state index contributed by atoms with van der Waals surface area (Å²) in [5, 5.41) is 12.2. The third kappa shape index (κ3) is 4.15. The topological polar surface area (TPSA) is 59.3 Å². The molecule has 0 spiro atoms. The Morgan fingerprint density at radius 2 is 1.83 bits per heavy atom. The van der Waals surface area contributed by atoms with Crippen molar-refractivity contribution in [2.45, 2.75) is 19.4 Å². The van der Waals surface area contributed by atoms with Gasteiger partial charge in [0.15, 0.2) is 0 Å². The van der Waals surface area contributed by atoms with Crippen molar-refractivity contribution in [1.82, 2.24) is 4.98 Å². The summed E-state index contributed by atoms with van der Waals surface area (Å²) in [5.74, 6) is -0.350. The number of aryl methyl sites for hydroxylation is 1. The Kier molecular flexibility index (Phi) is 5.32. The van der Waals surface area contributed by atoms with Gasteiger partial charge in [-0.25, -0.2) is 0 Å². The zero-order valence-electron chi connectivity index (χ0n) is 16.0. The van der Waals surface area contributed by atoms with Crippen LogP contribution in [0.5, 0.6) is 0 Å². The molecular formula is C23H20ClN3O2. The van der Waals surface area contributed by atoms with E-state index in [9.17, 15) is 10.1 Å². The Morgan fingerprint density at radius 1 is 1.07 bits per heavy atom. The predicted molar refractivity (Wildman–Crippen MR) is 116 cm³/mol. The maximum atomic E-state index is 11.5. The minimum atomic E-state index is -0.350. The second kappa shape index (κ2) is 8.05. The highest BCUT2D eigenvalue weighted by Gasteiger charge is 2.32. The van der Waals surface area contributed by atoms with Crippen molar-refractivity contribution < 1.29 is 4.92 Å². The van der Waals surface area contributed by atoms with E-state index >= 15 is 0 Å². The number of rotatable bonds is 5. The van der Waals surface area contributed by atoms with E-state index in [0.29, 0.717) is 11.6 Å². The van der Waals surface area contributed by atoms with Crippen molar-refractivity contribution >= 4 is 22.9 Å². The lowest BCUT2D eigenvalue weighted by Crippen LogP contribution is -2.27. The van der Waals surface area contributed by atoms with Crippen molar-refractivity contribution in [3.63, 3.8) is 0 Å². The van der Waals surface area contributed by atoms with Gasteiger partial charge in [-0.3, -0.25) is 15.1 Å². The van der Waals surface area contributed by atoms with Crippen molar-refractivity contribution in [1.29, 1.82) is 0 Å². The number of nitro groups is 1.